The van der Waals surface area contributed by atoms with Gasteiger partial charge in [-0.15, -0.1) is 0 Å². The molecule has 2 aromatic carbocycles. The number of hydrogen-bond acceptors (Lipinski definition) is 6. The van der Waals surface area contributed by atoms with Gasteiger partial charge in [-0.25, -0.2) is 9.37 Å². The largest absolute Gasteiger partial charge is 0.494 e. The molecular formula is C25H22F3NO5. The third kappa shape index (κ3) is 5.72. The normalized spacial score (nSPS) is 10.8. The van der Waals surface area contributed by atoms with Gasteiger partial charge >= 0.3 is 6.61 Å². The molecule has 0 spiro atoms. The van der Waals surface area contributed by atoms with Gasteiger partial charge in [-0.05, 0) is 61.0 Å². The van der Waals surface area contributed by atoms with E-state index in [0.29, 0.717) is 22.6 Å². The van der Waals surface area contributed by atoms with Crippen LogP contribution in [0.3, 0.4) is 0 Å². The zero-order valence-corrected chi connectivity index (χ0v) is 18.7. The SMILES string of the molecule is COc1cc(C(=O)CCC(=O)c2ccc(OC)c(-c3ccc(F)c(C)c3)n2)ccc1OC(F)F. The van der Waals surface area contributed by atoms with Crippen molar-refractivity contribution in [2.75, 3.05) is 14.2 Å². The predicted octanol–water partition coefficient (Wildman–Crippen LogP) is 5.66. The van der Waals surface area contributed by atoms with Crippen molar-refractivity contribution in [2.45, 2.75) is 26.4 Å². The second-order valence-corrected chi connectivity index (χ2v) is 7.30. The number of aryl methyl sites for hydroxylation is 1. The van der Waals surface area contributed by atoms with E-state index in [2.05, 4.69) is 9.72 Å². The number of benzene rings is 2. The summed E-state index contributed by atoms with van der Waals surface area (Å²) in [5, 5.41) is 0. The molecule has 0 bridgehead atoms. The summed E-state index contributed by atoms with van der Waals surface area (Å²) in [7, 11) is 2.73. The maximum absolute atomic E-state index is 13.7. The number of nitrogens with zero attached hydrogens (tertiary/aromatic N) is 1. The number of hydrogen-bond donors (Lipinski definition) is 0. The number of carbonyl (C=O) groups is 2. The van der Waals surface area contributed by atoms with Crippen molar-refractivity contribution < 1.29 is 37.0 Å². The van der Waals surface area contributed by atoms with Crippen molar-refractivity contribution in [3.05, 3.63) is 71.2 Å². The molecule has 3 rings (SSSR count). The molecule has 0 radical (unpaired) electrons. The van der Waals surface area contributed by atoms with Gasteiger partial charge in [0.25, 0.3) is 0 Å². The van der Waals surface area contributed by atoms with Gasteiger partial charge in [0.1, 0.15) is 23.0 Å². The standard InChI is InChI=1S/C25H22F3NO5/c1-14-12-16(4-6-17(14)26)24-22(32-2)11-7-18(29-24)20(31)9-8-19(30)15-5-10-21(34-25(27)28)23(13-15)33-3/h4-7,10-13,25H,8-9H2,1-3H3. The molecule has 0 aliphatic heterocycles. The van der Waals surface area contributed by atoms with Gasteiger partial charge in [0.05, 0.1) is 14.2 Å². The Morgan fingerprint density at radius 2 is 1.56 bits per heavy atom. The molecule has 0 atom stereocenters. The smallest absolute Gasteiger partial charge is 0.387 e. The van der Waals surface area contributed by atoms with Crippen molar-refractivity contribution in [2.24, 2.45) is 0 Å². The van der Waals surface area contributed by atoms with Crippen LogP contribution in [0, 0.1) is 12.7 Å². The zero-order valence-electron chi connectivity index (χ0n) is 18.7. The summed E-state index contributed by atoms with van der Waals surface area (Å²) in [6, 6.07) is 11.4. The number of halogens is 3. The summed E-state index contributed by atoms with van der Waals surface area (Å²) in [6.45, 7) is -1.42. The first-order valence-corrected chi connectivity index (χ1v) is 10.2. The number of aromatic nitrogens is 1. The molecule has 1 heterocycles. The van der Waals surface area contributed by atoms with Crippen LogP contribution in [0.4, 0.5) is 13.2 Å². The van der Waals surface area contributed by atoms with Gasteiger partial charge in [0.15, 0.2) is 23.1 Å². The Morgan fingerprint density at radius 1 is 0.882 bits per heavy atom. The molecule has 34 heavy (non-hydrogen) atoms. The summed E-state index contributed by atoms with van der Waals surface area (Å²) in [5.41, 5.74) is 1.70. The highest BCUT2D eigenvalue weighted by atomic mass is 19.3. The van der Waals surface area contributed by atoms with E-state index < -0.39 is 6.61 Å². The van der Waals surface area contributed by atoms with Crippen LogP contribution in [0.1, 0.15) is 39.3 Å². The van der Waals surface area contributed by atoms with Gasteiger partial charge in [0, 0.05) is 24.0 Å². The molecule has 6 nitrogen and oxygen atoms in total. The van der Waals surface area contributed by atoms with Crippen molar-refractivity contribution in [1.29, 1.82) is 0 Å². The van der Waals surface area contributed by atoms with Crippen LogP contribution in [-0.4, -0.2) is 37.4 Å². The van der Waals surface area contributed by atoms with E-state index in [1.165, 1.54) is 44.6 Å². The minimum absolute atomic E-state index is 0.0199. The third-order valence-electron chi connectivity index (χ3n) is 5.08. The Balaban J connectivity index is 1.76. The monoisotopic (exact) mass is 473 g/mol. The molecule has 0 saturated carbocycles. The first-order chi connectivity index (χ1) is 16.2. The average molecular weight is 473 g/mol. The zero-order chi connectivity index (χ0) is 24.8. The Labute approximate surface area is 194 Å². The lowest BCUT2D eigenvalue weighted by atomic mass is 10.0. The van der Waals surface area contributed by atoms with Crippen molar-refractivity contribution >= 4 is 11.6 Å². The maximum atomic E-state index is 13.7. The number of rotatable bonds is 10. The van der Waals surface area contributed by atoms with E-state index in [4.69, 9.17) is 9.47 Å². The van der Waals surface area contributed by atoms with Crippen molar-refractivity contribution in [3.8, 4) is 28.5 Å². The highest BCUT2D eigenvalue weighted by Crippen LogP contribution is 2.31. The fourth-order valence-electron chi connectivity index (χ4n) is 3.30. The first-order valence-electron chi connectivity index (χ1n) is 10.2. The van der Waals surface area contributed by atoms with Crippen LogP contribution in [0.15, 0.2) is 48.5 Å². The van der Waals surface area contributed by atoms with Crippen LogP contribution in [0.2, 0.25) is 0 Å². The molecule has 1 aromatic heterocycles. The number of alkyl halides is 2. The molecule has 178 valence electrons. The first kappa shape index (κ1) is 24.8. The Morgan fingerprint density at radius 3 is 2.21 bits per heavy atom. The van der Waals surface area contributed by atoms with Crippen molar-refractivity contribution in [3.63, 3.8) is 0 Å². The summed E-state index contributed by atoms with van der Waals surface area (Å²) in [6.07, 6.45) is -0.257. The minimum atomic E-state index is -3.03. The summed E-state index contributed by atoms with van der Waals surface area (Å²) < 4.78 is 53.3. The molecular weight excluding hydrogens is 451 g/mol. The summed E-state index contributed by atoms with van der Waals surface area (Å²) in [5.74, 6) is -0.917. The third-order valence-corrected chi connectivity index (χ3v) is 5.08. The fourth-order valence-corrected chi connectivity index (χ4v) is 3.30. The van der Waals surface area contributed by atoms with Gasteiger partial charge in [-0.3, -0.25) is 9.59 Å². The lowest BCUT2D eigenvalue weighted by Gasteiger charge is -2.11. The fraction of sp³-hybridized carbons (Fsp3) is 0.240. The van der Waals surface area contributed by atoms with Crippen LogP contribution in [-0.2, 0) is 0 Å². The lowest BCUT2D eigenvalue weighted by molar-refractivity contribution is -0.0512. The van der Waals surface area contributed by atoms with E-state index in [1.54, 1.807) is 25.1 Å². The quantitative estimate of drug-likeness (QED) is 0.354. The lowest BCUT2D eigenvalue weighted by Crippen LogP contribution is -2.09. The molecule has 0 amide bonds. The highest BCUT2D eigenvalue weighted by molar-refractivity contribution is 6.02. The number of Topliss-reactive ketones (excluding diaryl/α,β-unsaturated/α-hetero) is 2. The Bertz CT molecular complexity index is 1210. The summed E-state index contributed by atoms with van der Waals surface area (Å²) in [4.78, 5) is 29.7. The highest BCUT2D eigenvalue weighted by Gasteiger charge is 2.18. The van der Waals surface area contributed by atoms with Gasteiger partial charge in [0.2, 0.25) is 0 Å². The van der Waals surface area contributed by atoms with Crippen LogP contribution in [0.25, 0.3) is 11.3 Å². The molecule has 0 fully saturated rings. The molecule has 0 saturated heterocycles. The number of ketones is 2. The second kappa shape index (κ2) is 10.8. The van der Waals surface area contributed by atoms with Crippen LogP contribution < -0.4 is 14.2 Å². The Kier molecular flexibility index (Phi) is 7.88. The molecule has 9 heteroatoms. The molecule has 0 unspecified atom stereocenters. The minimum Gasteiger partial charge on any atom is -0.494 e. The molecule has 0 aliphatic rings. The Hall–Kier alpha value is -3.88. The van der Waals surface area contributed by atoms with E-state index in [0.717, 1.165) is 0 Å². The van der Waals surface area contributed by atoms with E-state index in [9.17, 15) is 22.8 Å². The average Bonchev–Trinajstić information content (AvgIpc) is 2.83. The van der Waals surface area contributed by atoms with Gasteiger partial charge in [-0.1, -0.05) is 0 Å². The number of methoxy groups -OCH3 is 2. The topological polar surface area (TPSA) is 74.7 Å². The molecule has 0 N–H and O–H groups in total. The number of ether oxygens (including phenoxy) is 3. The summed E-state index contributed by atoms with van der Waals surface area (Å²) >= 11 is 0. The van der Waals surface area contributed by atoms with Gasteiger partial charge in [-0.2, -0.15) is 8.78 Å². The van der Waals surface area contributed by atoms with Crippen LogP contribution >= 0.6 is 0 Å². The van der Waals surface area contributed by atoms with Crippen LogP contribution in [0.5, 0.6) is 17.2 Å². The second-order valence-electron chi connectivity index (χ2n) is 7.30. The maximum Gasteiger partial charge on any atom is 0.387 e. The predicted molar refractivity (Wildman–Crippen MR) is 118 cm³/mol. The van der Waals surface area contributed by atoms with E-state index in [-0.39, 0.29) is 53.0 Å². The van der Waals surface area contributed by atoms with E-state index >= 15 is 0 Å². The molecule has 3 aromatic rings. The number of carbonyl (C=O) groups excluding carboxylic acids is 2. The molecule has 0 aliphatic carbocycles. The van der Waals surface area contributed by atoms with Gasteiger partial charge < -0.3 is 14.2 Å². The number of pyridine rings is 1. The van der Waals surface area contributed by atoms with Crippen molar-refractivity contribution in [1.82, 2.24) is 4.98 Å². The van der Waals surface area contributed by atoms with E-state index in [1.807, 2.05) is 0 Å².